The lowest BCUT2D eigenvalue weighted by atomic mass is 10.1. The van der Waals surface area contributed by atoms with Crippen LogP contribution < -0.4 is 0 Å². The molecule has 0 radical (unpaired) electrons. The molecule has 98 valence electrons. The van der Waals surface area contributed by atoms with Crippen LogP contribution in [0.5, 0.6) is 0 Å². The molecule has 3 rings (SSSR count). The lowest BCUT2D eigenvalue weighted by Gasteiger charge is -2.12. The van der Waals surface area contributed by atoms with E-state index in [2.05, 4.69) is 29.0 Å². The summed E-state index contributed by atoms with van der Waals surface area (Å²) in [7, 11) is 0. The Morgan fingerprint density at radius 2 is 1.60 bits per heavy atom. The second kappa shape index (κ2) is 5.53. The summed E-state index contributed by atoms with van der Waals surface area (Å²) >= 11 is 0. The van der Waals surface area contributed by atoms with Gasteiger partial charge in [-0.15, -0.1) is 11.7 Å². The molecule has 3 heteroatoms. The summed E-state index contributed by atoms with van der Waals surface area (Å²) in [6, 6.07) is 20.2. The maximum absolute atomic E-state index is 4.25. The van der Waals surface area contributed by atoms with E-state index in [1.54, 1.807) is 0 Å². The molecular formula is C17H15N3. The predicted octanol–water partition coefficient (Wildman–Crippen LogP) is 3.72. The zero-order valence-corrected chi connectivity index (χ0v) is 11.1. The van der Waals surface area contributed by atoms with Crippen molar-refractivity contribution in [2.75, 3.05) is 0 Å². The highest BCUT2D eigenvalue weighted by Crippen LogP contribution is 2.21. The molecule has 0 saturated carbocycles. The Bertz CT molecular complexity index is 687. The Morgan fingerprint density at radius 3 is 2.25 bits per heavy atom. The van der Waals surface area contributed by atoms with Crippen LogP contribution in [-0.4, -0.2) is 15.0 Å². The maximum Gasteiger partial charge on any atom is 0.113 e. The van der Waals surface area contributed by atoms with E-state index < -0.39 is 0 Å². The monoisotopic (exact) mass is 261 g/mol. The van der Waals surface area contributed by atoms with Crippen molar-refractivity contribution in [3.63, 3.8) is 0 Å². The first kappa shape index (κ1) is 12.4. The highest BCUT2D eigenvalue weighted by molar-refractivity contribution is 5.57. The molecule has 3 aromatic rings. The smallest absolute Gasteiger partial charge is 0.113 e. The number of hydrogen-bond donors (Lipinski definition) is 0. The van der Waals surface area contributed by atoms with Gasteiger partial charge in [-0.1, -0.05) is 72.0 Å². The average Bonchev–Trinajstić information content (AvgIpc) is 3.00. The van der Waals surface area contributed by atoms with Gasteiger partial charge in [-0.2, -0.15) is 0 Å². The van der Waals surface area contributed by atoms with Crippen molar-refractivity contribution in [3.05, 3.63) is 85.1 Å². The predicted molar refractivity (Wildman–Crippen MR) is 80.2 cm³/mol. The molecule has 0 aliphatic carbocycles. The number of benzene rings is 2. The van der Waals surface area contributed by atoms with Crippen molar-refractivity contribution in [1.29, 1.82) is 0 Å². The molecule has 1 heterocycles. The first-order valence-electron chi connectivity index (χ1n) is 6.53. The summed E-state index contributed by atoms with van der Waals surface area (Å²) in [5.74, 6) is 0. The zero-order chi connectivity index (χ0) is 13.8. The molecule has 0 aliphatic heterocycles. The Balaban J connectivity index is 1.95. The van der Waals surface area contributed by atoms with E-state index in [0.29, 0.717) is 0 Å². The molecule has 0 saturated heterocycles. The molecule has 1 atom stereocenters. The molecule has 3 nitrogen and oxygen atoms in total. The molecule has 1 unspecified atom stereocenters. The second-order valence-electron chi connectivity index (χ2n) is 4.54. The molecule has 0 amide bonds. The fourth-order valence-corrected chi connectivity index (χ4v) is 2.20. The summed E-state index contributed by atoms with van der Waals surface area (Å²) < 4.78 is 1.84. The van der Waals surface area contributed by atoms with Crippen molar-refractivity contribution in [1.82, 2.24) is 15.0 Å². The zero-order valence-electron chi connectivity index (χ0n) is 11.1. The first-order valence-corrected chi connectivity index (χ1v) is 6.53. The van der Waals surface area contributed by atoms with E-state index in [9.17, 15) is 0 Å². The minimum atomic E-state index is 0.00108. The second-order valence-corrected chi connectivity index (χ2v) is 4.54. The molecule has 20 heavy (non-hydrogen) atoms. The Hall–Kier alpha value is -2.68. The van der Waals surface area contributed by atoms with E-state index in [0.717, 1.165) is 16.8 Å². The van der Waals surface area contributed by atoms with Gasteiger partial charge in [-0.3, -0.25) is 0 Å². The molecule has 0 fully saturated rings. The molecule has 1 aromatic heterocycles. The standard InChI is InChI=1S/C17H15N3/c1-2-17(15-11-7-4-8-12-15)20-13-16(18-19-20)14-9-5-3-6-10-14/h2-13,17H,1H2. The average molecular weight is 261 g/mol. The fraction of sp³-hybridized carbons (Fsp3) is 0.0588. The number of rotatable bonds is 4. The minimum Gasteiger partial charge on any atom is -0.241 e. The van der Waals surface area contributed by atoms with Crippen molar-refractivity contribution in [3.8, 4) is 11.3 Å². The van der Waals surface area contributed by atoms with Crippen LogP contribution >= 0.6 is 0 Å². The van der Waals surface area contributed by atoms with E-state index in [4.69, 9.17) is 0 Å². The lowest BCUT2D eigenvalue weighted by molar-refractivity contribution is 0.586. The number of allylic oxidation sites excluding steroid dienone is 1. The first-order chi connectivity index (χ1) is 9.88. The van der Waals surface area contributed by atoms with Crippen molar-refractivity contribution < 1.29 is 0 Å². The maximum atomic E-state index is 4.25. The molecule has 2 aromatic carbocycles. The van der Waals surface area contributed by atoms with Gasteiger partial charge in [0.25, 0.3) is 0 Å². The third-order valence-corrected chi connectivity index (χ3v) is 3.23. The SMILES string of the molecule is C=CC(c1ccccc1)n1cc(-c2ccccc2)nn1. The molecule has 0 bridgehead atoms. The van der Waals surface area contributed by atoms with Gasteiger partial charge in [0, 0.05) is 5.56 Å². The van der Waals surface area contributed by atoms with Gasteiger partial charge in [0.1, 0.15) is 5.69 Å². The van der Waals surface area contributed by atoms with Crippen molar-refractivity contribution >= 4 is 0 Å². The molecule has 0 aliphatic rings. The number of aromatic nitrogens is 3. The molecule has 0 N–H and O–H groups in total. The number of hydrogen-bond acceptors (Lipinski definition) is 2. The summed E-state index contributed by atoms with van der Waals surface area (Å²) in [6.45, 7) is 3.91. The van der Waals surface area contributed by atoms with Gasteiger partial charge in [0.05, 0.1) is 12.2 Å². The van der Waals surface area contributed by atoms with Crippen LogP contribution in [0.25, 0.3) is 11.3 Å². The van der Waals surface area contributed by atoms with Crippen molar-refractivity contribution in [2.45, 2.75) is 6.04 Å². The third-order valence-electron chi connectivity index (χ3n) is 3.23. The fourth-order valence-electron chi connectivity index (χ4n) is 2.20. The van der Waals surface area contributed by atoms with Crippen LogP contribution in [0.2, 0.25) is 0 Å². The van der Waals surface area contributed by atoms with E-state index in [1.165, 1.54) is 0 Å². The Labute approximate surface area is 118 Å². The van der Waals surface area contributed by atoms with Crippen LogP contribution in [0.1, 0.15) is 11.6 Å². The molecular weight excluding hydrogens is 246 g/mol. The minimum absolute atomic E-state index is 0.00108. The van der Waals surface area contributed by atoms with Crippen LogP contribution in [-0.2, 0) is 0 Å². The largest absolute Gasteiger partial charge is 0.241 e. The quantitative estimate of drug-likeness (QED) is 0.670. The number of nitrogens with zero attached hydrogens (tertiary/aromatic N) is 3. The summed E-state index contributed by atoms with van der Waals surface area (Å²) in [6.07, 6.45) is 3.83. The van der Waals surface area contributed by atoms with Crippen LogP contribution in [0.15, 0.2) is 79.5 Å². The van der Waals surface area contributed by atoms with Gasteiger partial charge in [0.2, 0.25) is 0 Å². The summed E-state index contributed by atoms with van der Waals surface area (Å²) in [5, 5.41) is 8.48. The van der Waals surface area contributed by atoms with E-state index >= 15 is 0 Å². The third kappa shape index (κ3) is 2.38. The Kier molecular flexibility index (Phi) is 3.42. The van der Waals surface area contributed by atoms with Gasteiger partial charge < -0.3 is 0 Å². The van der Waals surface area contributed by atoms with Crippen LogP contribution in [0.4, 0.5) is 0 Å². The highest BCUT2D eigenvalue weighted by atomic mass is 15.4. The Morgan fingerprint density at radius 1 is 0.950 bits per heavy atom. The van der Waals surface area contributed by atoms with Crippen molar-refractivity contribution in [2.24, 2.45) is 0 Å². The van der Waals surface area contributed by atoms with Gasteiger partial charge in [-0.05, 0) is 5.56 Å². The van der Waals surface area contributed by atoms with Gasteiger partial charge in [0.15, 0.2) is 0 Å². The van der Waals surface area contributed by atoms with E-state index in [-0.39, 0.29) is 6.04 Å². The summed E-state index contributed by atoms with van der Waals surface area (Å²) in [4.78, 5) is 0. The van der Waals surface area contributed by atoms with Crippen LogP contribution in [0, 0.1) is 0 Å². The highest BCUT2D eigenvalue weighted by Gasteiger charge is 2.12. The lowest BCUT2D eigenvalue weighted by Crippen LogP contribution is -2.08. The van der Waals surface area contributed by atoms with Gasteiger partial charge >= 0.3 is 0 Å². The molecule has 0 spiro atoms. The summed E-state index contributed by atoms with van der Waals surface area (Å²) in [5.41, 5.74) is 3.08. The van der Waals surface area contributed by atoms with Crippen LogP contribution in [0.3, 0.4) is 0 Å². The van der Waals surface area contributed by atoms with Gasteiger partial charge in [-0.25, -0.2) is 4.68 Å². The van der Waals surface area contributed by atoms with E-state index in [1.807, 2.05) is 65.5 Å². The topological polar surface area (TPSA) is 30.7 Å². The normalized spacial score (nSPS) is 12.0.